The van der Waals surface area contributed by atoms with Gasteiger partial charge in [0.05, 0.1) is 19.8 Å². The Morgan fingerprint density at radius 2 is 1.90 bits per heavy atom. The van der Waals surface area contributed by atoms with E-state index in [-0.39, 0.29) is 18.9 Å². The standard InChI is InChI=1S/C14H18BrNO5/c1-20-8-9-21-7-6-12(17)16-13(14(18)19)10-2-4-11(15)5-3-10/h2-5,13H,6-9H2,1H3,(H,16,17)(H,18,19). The molecule has 1 unspecified atom stereocenters. The number of carbonyl (C=O) groups excluding carboxylic acids is 1. The summed E-state index contributed by atoms with van der Waals surface area (Å²) in [4.78, 5) is 23.0. The number of hydrogen-bond acceptors (Lipinski definition) is 4. The van der Waals surface area contributed by atoms with E-state index >= 15 is 0 Å². The summed E-state index contributed by atoms with van der Waals surface area (Å²) in [6.07, 6.45) is 0.101. The molecule has 0 saturated carbocycles. The Bertz CT molecular complexity index is 463. The van der Waals surface area contributed by atoms with Crippen molar-refractivity contribution in [3.05, 3.63) is 34.3 Å². The third kappa shape index (κ3) is 6.70. The summed E-state index contributed by atoms with van der Waals surface area (Å²) in [6, 6.07) is 5.69. The molecule has 0 heterocycles. The van der Waals surface area contributed by atoms with Crippen LogP contribution in [-0.4, -0.2) is 43.9 Å². The number of benzene rings is 1. The monoisotopic (exact) mass is 359 g/mol. The Kier molecular flexibility index (Phi) is 7.96. The summed E-state index contributed by atoms with van der Waals surface area (Å²) in [5, 5.41) is 11.7. The maximum Gasteiger partial charge on any atom is 0.330 e. The number of methoxy groups -OCH3 is 1. The smallest absolute Gasteiger partial charge is 0.330 e. The molecule has 0 aromatic heterocycles. The summed E-state index contributed by atoms with van der Waals surface area (Å²) in [6.45, 7) is 1.08. The van der Waals surface area contributed by atoms with Gasteiger partial charge in [-0.3, -0.25) is 4.79 Å². The van der Waals surface area contributed by atoms with Crippen molar-refractivity contribution < 1.29 is 24.2 Å². The predicted molar refractivity (Wildman–Crippen MR) is 80.0 cm³/mol. The number of hydrogen-bond donors (Lipinski definition) is 2. The second kappa shape index (κ2) is 9.49. The van der Waals surface area contributed by atoms with Crippen LogP contribution in [0.2, 0.25) is 0 Å². The second-order valence-corrected chi connectivity index (χ2v) is 5.16. The summed E-state index contributed by atoms with van der Waals surface area (Å²) < 4.78 is 10.8. The molecule has 2 N–H and O–H groups in total. The van der Waals surface area contributed by atoms with Crippen LogP contribution in [-0.2, 0) is 19.1 Å². The van der Waals surface area contributed by atoms with Gasteiger partial charge in [-0.1, -0.05) is 28.1 Å². The van der Waals surface area contributed by atoms with Gasteiger partial charge in [0, 0.05) is 18.0 Å². The SMILES string of the molecule is COCCOCCC(=O)NC(C(=O)O)c1ccc(Br)cc1. The molecule has 0 aliphatic carbocycles. The van der Waals surface area contributed by atoms with Gasteiger partial charge in [0.25, 0.3) is 0 Å². The van der Waals surface area contributed by atoms with Crippen LogP contribution in [0.15, 0.2) is 28.7 Å². The van der Waals surface area contributed by atoms with Gasteiger partial charge >= 0.3 is 5.97 Å². The number of carboxylic acid groups (broad SMARTS) is 1. The number of halogens is 1. The Morgan fingerprint density at radius 3 is 2.48 bits per heavy atom. The predicted octanol–water partition coefficient (Wildman–Crippen LogP) is 1.74. The highest BCUT2D eigenvalue weighted by atomic mass is 79.9. The van der Waals surface area contributed by atoms with E-state index in [1.165, 1.54) is 0 Å². The van der Waals surface area contributed by atoms with Gasteiger partial charge in [-0.15, -0.1) is 0 Å². The first-order valence-electron chi connectivity index (χ1n) is 6.39. The van der Waals surface area contributed by atoms with E-state index in [9.17, 15) is 14.7 Å². The van der Waals surface area contributed by atoms with Gasteiger partial charge in [-0.25, -0.2) is 4.79 Å². The Labute approximate surface area is 131 Å². The third-order valence-electron chi connectivity index (χ3n) is 2.66. The van der Waals surface area contributed by atoms with Crippen molar-refractivity contribution >= 4 is 27.8 Å². The molecule has 0 bridgehead atoms. The highest BCUT2D eigenvalue weighted by Crippen LogP contribution is 2.17. The zero-order valence-corrected chi connectivity index (χ0v) is 13.3. The van der Waals surface area contributed by atoms with E-state index in [0.29, 0.717) is 18.8 Å². The van der Waals surface area contributed by atoms with Gasteiger partial charge in [-0.2, -0.15) is 0 Å². The first-order valence-corrected chi connectivity index (χ1v) is 7.18. The number of aliphatic carboxylic acids is 1. The molecule has 0 radical (unpaired) electrons. The highest BCUT2D eigenvalue weighted by Gasteiger charge is 2.21. The molecular weight excluding hydrogens is 342 g/mol. The minimum Gasteiger partial charge on any atom is -0.479 e. The normalized spacial score (nSPS) is 11.9. The van der Waals surface area contributed by atoms with E-state index in [2.05, 4.69) is 21.2 Å². The summed E-state index contributed by atoms with van der Waals surface area (Å²) in [5.41, 5.74) is 0.513. The zero-order chi connectivity index (χ0) is 15.7. The second-order valence-electron chi connectivity index (χ2n) is 4.25. The number of ether oxygens (including phenoxy) is 2. The molecule has 1 rings (SSSR count). The summed E-state index contributed by atoms with van der Waals surface area (Å²) >= 11 is 3.28. The average molecular weight is 360 g/mol. The molecular formula is C14H18BrNO5. The van der Waals surface area contributed by atoms with Crippen LogP contribution in [0.1, 0.15) is 18.0 Å². The first kappa shape index (κ1) is 17.6. The summed E-state index contributed by atoms with van der Waals surface area (Å²) in [5.74, 6) is -1.48. The molecule has 1 amide bonds. The van der Waals surface area contributed by atoms with Crippen LogP contribution in [0, 0.1) is 0 Å². The Hall–Kier alpha value is -1.44. The van der Waals surface area contributed by atoms with Crippen molar-refractivity contribution in [1.29, 1.82) is 0 Å². The highest BCUT2D eigenvalue weighted by molar-refractivity contribution is 9.10. The lowest BCUT2D eigenvalue weighted by molar-refractivity contribution is -0.142. The van der Waals surface area contributed by atoms with E-state index < -0.39 is 12.0 Å². The minimum absolute atomic E-state index is 0.101. The minimum atomic E-state index is -1.11. The topological polar surface area (TPSA) is 84.9 Å². The summed E-state index contributed by atoms with van der Waals surface area (Å²) in [7, 11) is 1.56. The van der Waals surface area contributed by atoms with Crippen LogP contribution in [0.3, 0.4) is 0 Å². The number of rotatable bonds is 9. The van der Waals surface area contributed by atoms with E-state index in [4.69, 9.17) is 9.47 Å². The molecule has 1 atom stereocenters. The zero-order valence-electron chi connectivity index (χ0n) is 11.7. The van der Waals surface area contributed by atoms with Gasteiger partial charge in [0.15, 0.2) is 6.04 Å². The lowest BCUT2D eigenvalue weighted by Crippen LogP contribution is -2.34. The van der Waals surface area contributed by atoms with Crippen molar-refractivity contribution in [3.63, 3.8) is 0 Å². The van der Waals surface area contributed by atoms with Crippen LogP contribution in [0.5, 0.6) is 0 Å². The van der Waals surface area contributed by atoms with Crippen LogP contribution < -0.4 is 5.32 Å². The van der Waals surface area contributed by atoms with Crippen LogP contribution in [0.25, 0.3) is 0 Å². The molecule has 0 aliphatic rings. The number of carboxylic acids is 1. The molecule has 1 aromatic carbocycles. The molecule has 116 valence electrons. The largest absolute Gasteiger partial charge is 0.479 e. The molecule has 7 heteroatoms. The molecule has 6 nitrogen and oxygen atoms in total. The molecule has 0 fully saturated rings. The van der Waals surface area contributed by atoms with E-state index in [1.807, 2.05) is 0 Å². The van der Waals surface area contributed by atoms with Gasteiger partial charge in [-0.05, 0) is 17.7 Å². The number of amides is 1. The Balaban J connectivity index is 2.49. The maximum absolute atomic E-state index is 11.7. The van der Waals surface area contributed by atoms with Crippen molar-refractivity contribution in [2.45, 2.75) is 12.5 Å². The molecule has 0 saturated heterocycles. The maximum atomic E-state index is 11.7. The fourth-order valence-corrected chi connectivity index (χ4v) is 1.85. The lowest BCUT2D eigenvalue weighted by atomic mass is 10.1. The van der Waals surface area contributed by atoms with E-state index in [1.54, 1.807) is 31.4 Å². The van der Waals surface area contributed by atoms with Crippen molar-refractivity contribution in [3.8, 4) is 0 Å². The van der Waals surface area contributed by atoms with Gasteiger partial charge in [0.2, 0.25) is 5.91 Å². The first-order chi connectivity index (χ1) is 10.0. The quantitative estimate of drug-likeness (QED) is 0.656. The fraction of sp³-hybridized carbons (Fsp3) is 0.429. The molecule has 1 aromatic rings. The molecule has 0 aliphatic heterocycles. The van der Waals surface area contributed by atoms with Crippen LogP contribution >= 0.6 is 15.9 Å². The van der Waals surface area contributed by atoms with Gasteiger partial charge < -0.3 is 19.9 Å². The van der Waals surface area contributed by atoms with Crippen molar-refractivity contribution in [2.75, 3.05) is 26.9 Å². The van der Waals surface area contributed by atoms with Crippen molar-refractivity contribution in [2.24, 2.45) is 0 Å². The van der Waals surface area contributed by atoms with E-state index in [0.717, 1.165) is 4.47 Å². The van der Waals surface area contributed by atoms with Crippen LogP contribution in [0.4, 0.5) is 0 Å². The fourth-order valence-electron chi connectivity index (χ4n) is 1.59. The molecule has 0 spiro atoms. The molecule has 21 heavy (non-hydrogen) atoms. The third-order valence-corrected chi connectivity index (χ3v) is 3.19. The van der Waals surface area contributed by atoms with Crippen molar-refractivity contribution in [1.82, 2.24) is 5.32 Å². The lowest BCUT2D eigenvalue weighted by Gasteiger charge is -2.15. The van der Waals surface area contributed by atoms with Gasteiger partial charge in [0.1, 0.15) is 0 Å². The number of carbonyl (C=O) groups is 2. The number of nitrogens with one attached hydrogen (secondary N) is 1. The Morgan fingerprint density at radius 1 is 1.24 bits per heavy atom. The average Bonchev–Trinajstić information content (AvgIpc) is 2.45.